The predicted molar refractivity (Wildman–Crippen MR) is 108 cm³/mol. The lowest BCUT2D eigenvalue weighted by Crippen LogP contribution is -1.86. The smallest absolute Gasteiger partial charge is 0.0323 e. The minimum Gasteiger partial charge on any atom is -0.0999 e. The van der Waals surface area contributed by atoms with Crippen LogP contribution in [0.4, 0.5) is 0 Å². The van der Waals surface area contributed by atoms with Crippen molar-refractivity contribution in [2.45, 2.75) is 136 Å². The molecular formula is C23H46. The summed E-state index contributed by atoms with van der Waals surface area (Å²) in [6.07, 6.45) is 26.8. The largest absolute Gasteiger partial charge is 0.0999 e. The van der Waals surface area contributed by atoms with Crippen LogP contribution in [0.1, 0.15) is 136 Å². The summed E-state index contributed by atoms with van der Waals surface area (Å²) in [5.41, 5.74) is 1.50. The van der Waals surface area contributed by atoms with Crippen LogP contribution < -0.4 is 0 Å². The number of hydrogen-bond acceptors (Lipinski definition) is 0. The van der Waals surface area contributed by atoms with Gasteiger partial charge in [-0.3, -0.25) is 0 Å². The van der Waals surface area contributed by atoms with Crippen LogP contribution in [-0.2, 0) is 0 Å². The lowest BCUT2D eigenvalue weighted by molar-refractivity contribution is 0.538. The van der Waals surface area contributed by atoms with Gasteiger partial charge in [0.05, 0.1) is 0 Å². The molecule has 0 aromatic heterocycles. The fourth-order valence-electron chi connectivity index (χ4n) is 3.32. The first-order valence-corrected chi connectivity index (χ1v) is 11.0. The summed E-state index contributed by atoms with van der Waals surface area (Å²) in [4.78, 5) is 0. The molecule has 0 radical (unpaired) electrons. The zero-order valence-corrected chi connectivity index (χ0v) is 16.6. The molecule has 0 nitrogen and oxygen atoms in total. The molecule has 0 fully saturated rings. The van der Waals surface area contributed by atoms with Crippen molar-refractivity contribution < 1.29 is 0 Å². The Balaban J connectivity index is 3.08. The van der Waals surface area contributed by atoms with Crippen molar-refractivity contribution >= 4 is 0 Å². The van der Waals surface area contributed by atoms with E-state index in [0.29, 0.717) is 0 Å². The molecule has 138 valence electrons. The molecule has 0 heterocycles. The molecule has 0 heteroatoms. The van der Waals surface area contributed by atoms with E-state index in [4.69, 9.17) is 0 Å². The van der Waals surface area contributed by atoms with Gasteiger partial charge in [0.25, 0.3) is 0 Å². The maximum absolute atomic E-state index is 4.25. The monoisotopic (exact) mass is 322 g/mol. The summed E-state index contributed by atoms with van der Waals surface area (Å²) in [5.74, 6) is 0. The Labute approximate surface area is 148 Å². The molecule has 23 heavy (non-hydrogen) atoms. The Hall–Kier alpha value is -0.260. The van der Waals surface area contributed by atoms with E-state index in [0.717, 1.165) is 0 Å². The summed E-state index contributed by atoms with van der Waals surface area (Å²) < 4.78 is 0. The Morgan fingerprint density at radius 3 is 1.04 bits per heavy atom. The minimum absolute atomic E-state index is 1.28. The van der Waals surface area contributed by atoms with Crippen LogP contribution in [0, 0.1) is 0 Å². The molecule has 0 aliphatic carbocycles. The van der Waals surface area contributed by atoms with Crippen LogP contribution in [0.15, 0.2) is 12.2 Å². The standard InChI is InChI=1S/C23H46/c1-4-6-8-10-11-12-13-14-15-16-17-18-20-22-23(3)21-19-9-7-5-2/h3-22H2,1-2H3. The molecule has 0 unspecified atom stereocenters. The van der Waals surface area contributed by atoms with Crippen LogP contribution in [0.25, 0.3) is 0 Å². The van der Waals surface area contributed by atoms with Crippen molar-refractivity contribution in [3.05, 3.63) is 12.2 Å². The van der Waals surface area contributed by atoms with E-state index in [1.165, 1.54) is 128 Å². The maximum Gasteiger partial charge on any atom is -0.0323 e. The van der Waals surface area contributed by atoms with Crippen molar-refractivity contribution in [1.29, 1.82) is 0 Å². The third-order valence-corrected chi connectivity index (χ3v) is 5.02. The number of hydrogen-bond donors (Lipinski definition) is 0. The van der Waals surface area contributed by atoms with Gasteiger partial charge in [0, 0.05) is 0 Å². The molecule has 0 saturated heterocycles. The van der Waals surface area contributed by atoms with Crippen molar-refractivity contribution in [2.75, 3.05) is 0 Å². The third-order valence-electron chi connectivity index (χ3n) is 5.02. The molecule has 0 rings (SSSR count). The first kappa shape index (κ1) is 22.7. The Bertz CT molecular complexity index is 228. The number of allylic oxidation sites excluding steroid dienone is 1. The lowest BCUT2D eigenvalue weighted by Gasteiger charge is -2.06. The molecule has 0 aromatic rings. The van der Waals surface area contributed by atoms with Gasteiger partial charge in [0.1, 0.15) is 0 Å². The fraction of sp³-hybridized carbons (Fsp3) is 0.913. The molecule has 0 aliphatic heterocycles. The van der Waals surface area contributed by atoms with E-state index in [2.05, 4.69) is 20.4 Å². The van der Waals surface area contributed by atoms with Crippen LogP contribution in [0.3, 0.4) is 0 Å². The first-order chi connectivity index (χ1) is 11.3. The van der Waals surface area contributed by atoms with Gasteiger partial charge in [-0.1, -0.05) is 122 Å². The van der Waals surface area contributed by atoms with Crippen molar-refractivity contribution in [2.24, 2.45) is 0 Å². The van der Waals surface area contributed by atoms with Crippen molar-refractivity contribution in [3.8, 4) is 0 Å². The first-order valence-electron chi connectivity index (χ1n) is 11.0. The van der Waals surface area contributed by atoms with Crippen LogP contribution in [0.5, 0.6) is 0 Å². The normalized spacial score (nSPS) is 11.0. The fourth-order valence-corrected chi connectivity index (χ4v) is 3.32. The van der Waals surface area contributed by atoms with Gasteiger partial charge in [-0.25, -0.2) is 0 Å². The van der Waals surface area contributed by atoms with E-state index in [9.17, 15) is 0 Å². The van der Waals surface area contributed by atoms with E-state index in [1.54, 1.807) is 0 Å². The molecule has 0 amide bonds. The average Bonchev–Trinajstić information content (AvgIpc) is 2.56. The number of rotatable bonds is 19. The van der Waals surface area contributed by atoms with E-state index >= 15 is 0 Å². The second kappa shape index (κ2) is 19.8. The molecule has 0 spiro atoms. The molecule has 0 atom stereocenters. The number of unbranched alkanes of at least 4 members (excludes halogenated alkanes) is 15. The van der Waals surface area contributed by atoms with Crippen LogP contribution >= 0.6 is 0 Å². The summed E-state index contributed by atoms with van der Waals surface area (Å²) in [6.45, 7) is 8.82. The topological polar surface area (TPSA) is 0 Å². The van der Waals surface area contributed by atoms with E-state index in [-0.39, 0.29) is 0 Å². The highest BCUT2D eigenvalue weighted by atomic mass is 14.0. The van der Waals surface area contributed by atoms with Gasteiger partial charge in [-0.15, -0.1) is 0 Å². The Morgan fingerprint density at radius 2 is 0.696 bits per heavy atom. The van der Waals surface area contributed by atoms with Gasteiger partial charge in [-0.05, 0) is 25.7 Å². The van der Waals surface area contributed by atoms with Crippen molar-refractivity contribution in [1.82, 2.24) is 0 Å². The SMILES string of the molecule is C=C(CCCCCC)CCCCCCCCCCCCCCC. The van der Waals surface area contributed by atoms with Crippen molar-refractivity contribution in [3.63, 3.8) is 0 Å². The van der Waals surface area contributed by atoms with Gasteiger partial charge in [0.2, 0.25) is 0 Å². The highest BCUT2D eigenvalue weighted by Gasteiger charge is 1.97. The average molecular weight is 323 g/mol. The third kappa shape index (κ3) is 19.7. The lowest BCUT2D eigenvalue weighted by atomic mass is 10.0. The van der Waals surface area contributed by atoms with Gasteiger partial charge < -0.3 is 0 Å². The molecule has 0 aliphatic rings. The van der Waals surface area contributed by atoms with Crippen LogP contribution in [0.2, 0.25) is 0 Å². The summed E-state index contributed by atoms with van der Waals surface area (Å²) in [7, 11) is 0. The predicted octanol–water partition coefficient (Wildman–Crippen LogP) is 8.99. The Kier molecular flexibility index (Phi) is 19.6. The summed E-state index contributed by atoms with van der Waals surface area (Å²) >= 11 is 0. The molecule has 0 bridgehead atoms. The summed E-state index contributed by atoms with van der Waals surface area (Å²) in [6, 6.07) is 0. The molecule has 0 aromatic carbocycles. The maximum atomic E-state index is 4.25. The summed E-state index contributed by atoms with van der Waals surface area (Å²) in [5, 5.41) is 0. The van der Waals surface area contributed by atoms with E-state index < -0.39 is 0 Å². The van der Waals surface area contributed by atoms with E-state index in [1.807, 2.05) is 0 Å². The van der Waals surface area contributed by atoms with Crippen LogP contribution in [-0.4, -0.2) is 0 Å². The second-order valence-electron chi connectivity index (χ2n) is 7.55. The highest BCUT2D eigenvalue weighted by molar-refractivity contribution is 4.93. The zero-order valence-electron chi connectivity index (χ0n) is 16.6. The van der Waals surface area contributed by atoms with Gasteiger partial charge >= 0.3 is 0 Å². The zero-order chi connectivity index (χ0) is 17.0. The molecular weight excluding hydrogens is 276 g/mol. The Morgan fingerprint density at radius 1 is 0.435 bits per heavy atom. The quantitative estimate of drug-likeness (QED) is 0.164. The molecule has 0 saturated carbocycles. The minimum atomic E-state index is 1.28. The molecule has 0 N–H and O–H groups in total. The second-order valence-corrected chi connectivity index (χ2v) is 7.55. The highest BCUT2D eigenvalue weighted by Crippen LogP contribution is 2.17. The van der Waals surface area contributed by atoms with Gasteiger partial charge in [-0.2, -0.15) is 0 Å². The van der Waals surface area contributed by atoms with Gasteiger partial charge in [0.15, 0.2) is 0 Å².